The molecular formula is C21H20F2N2OS2. The zero-order chi connectivity index (χ0) is 20.3. The third-order valence-electron chi connectivity index (χ3n) is 4.09. The smallest absolute Gasteiger partial charge is 0.242 e. The molecule has 0 saturated carbocycles. The Labute approximate surface area is 171 Å². The van der Waals surface area contributed by atoms with Gasteiger partial charge >= 0.3 is 0 Å². The molecule has 146 valence electrons. The van der Waals surface area contributed by atoms with E-state index < -0.39 is 16.4 Å². The van der Waals surface area contributed by atoms with E-state index in [0.29, 0.717) is 5.13 Å². The van der Waals surface area contributed by atoms with Gasteiger partial charge in [0, 0.05) is 21.4 Å². The Morgan fingerprint density at radius 1 is 1.18 bits per heavy atom. The van der Waals surface area contributed by atoms with Crippen molar-refractivity contribution in [1.82, 2.24) is 4.98 Å². The highest BCUT2D eigenvalue weighted by molar-refractivity contribution is 8.01. The summed E-state index contributed by atoms with van der Waals surface area (Å²) in [5, 5.41) is 3.36. The van der Waals surface area contributed by atoms with E-state index in [1.54, 1.807) is 13.8 Å². The highest BCUT2D eigenvalue weighted by Gasteiger charge is 2.31. The van der Waals surface area contributed by atoms with Crippen LogP contribution in [0.3, 0.4) is 0 Å². The minimum absolute atomic E-state index is 0.222. The predicted molar refractivity (Wildman–Crippen MR) is 112 cm³/mol. The van der Waals surface area contributed by atoms with Gasteiger partial charge in [0.15, 0.2) is 5.13 Å². The number of rotatable bonds is 6. The number of nitrogens with zero attached hydrogens (tertiary/aromatic N) is 1. The average molecular weight is 419 g/mol. The van der Waals surface area contributed by atoms with E-state index in [1.807, 2.05) is 37.3 Å². The summed E-state index contributed by atoms with van der Waals surface area (Å²) < 4.78 is 26.1. The van der Waals surface area contributed by atoms with Crippen molar-refractivity contribution >= 4 is 34.1 Å². The van der Waals surface area contributed by atoms with Crippen LogP contribution in [-0.2, 0) is 11.2 Å². The largest absolute Gasteiger partial charge is 0.301 e. The number of hydrogen-bond acceptors (Lipinski definition) is 4. The van der Waals surface area contributed by atoms with Gasteiger partial charge in [0.2, 0.25) is 5.91 Å². The van der Waals surface area contributed by atoms with Crippen molar-refractivity contribution in [2.45, 2.75) is 36.8 Å². The summed E-state index contributed by atoms with van der Waals surface area (Å²) >= 11 is 2.48. The van der Waals surface area contributed by atoms with Crippen molar-refractivity contribution in [3.05, 3.63) is 65.0 Å². The van der Waals surface area contributed by atoms with Crippen molar-refractivity contribution in [1.29, 1.82) is 0 Å². The number of thiazole rings is 1. The lowest BCUT2D eigenvalue weighted by atomic mass is 10.1. The Bertz CT molecular complexity index is 987. The second-order valence-corrected chi connectivity index (χ2v) is 9.40. The minimum Gasteiger partial charge on any atom is -0.301 e. The molecule has 0 fully saturated rings. The van der Waals surface area contributed by atoms with Crippen LogP contribution in [0.4, 0.5) is 13.9 Å². The summed E-state index contributed by atoms with van der Waals surface area (Å²) in [6.07, 6.45) is 0.802. The van der Waals surface area contributed by atoms with Gasteiger partial charge in [-0.3, -0.25) is 4.79 Å². The Balaban J connectivity index is 1.79. The van der Waals surface area contributed by atoms with Gasteiger partial charge in [-0.15, -0.1) is 23.1 Å². The van der Waals surface area contributed by atoms with E-state index in [9.17, 15) is 13.6 Å². The molecule has 0 aliphatic heterocycles. The molecule has 28 heavy (non-hydrogen) atoms. The first-order chi connectivity index (χ1) is 13.3. The third kappa shape index (κ3) is 4.59. The number of carbonyl (C=O) groups is 1. The van der Waals surface area contributed by atoms with Crippen LogP contribution in [0.25, 0.3) is 11.3 Å². The second-order valence-electron chi connectivity index (χ2n) is 6.65. The molecule has 3 nitrogen and oxygen atoms in total. The Hall–Kier alpha value is -2.25. The number of hydrogen-bond donors (Lipinski definition) is 1. The van der Waals surface area contributed by atoms with Crippen LogP contribution in [-0.4, -0.2) is 15.6 Å². The first-order valence-corrected chi connectivity index (χ1v) is 10.4. The van der Waals surface area contributed by atoms with E-state index in [1.165, 1.54) is 23.5 Å². The molecule has 1 aromatic heterocycles. The fourth-order valence-electron chi connectivity index (χ4n) is 2.59. The number of aromatic nitrogens is 1. The van der Waals surface area contributed by atoms with Crippen LogP contribution in [0.1, 0.15) is 25.6 Å². The zero-order valence-corrected chi connectivity index (χ0v) is 17.4. The van der Waals surface area contributed by atoms with Gasteiger partial charge in [-0.25, -0.2) is 13.8 Å². The number of nitrogens with one attached hydrogen (secondary N) is 1. The standard InChI is InChI=1S/C21H20F2N2OS2/c1-4-16-18(13-8-6-5-7-9-13)24-20(27-16)25-19(26)21(2,3)28-17-11-10-14(22)12-15(17)23/h5-12H,4H2,1-3H3,(H,24,25,26). The molecule has 2 aromatic carbocycles. The topological polar surface area (TPSA) is 42.0 Å². The van der Waals surface area contributed by atoms with Gasteiger partial charge in [0.1, 0.15) is 11.6 Å². The number of amides is 1. The SMILES string of the molecule is CCc1sc(NC(=O)C(C)(C)Sc2ccc(F)cc2F)nc1-c1ccccc1. The Kier molecular flexibility index (Phi) is 6.15. The van der Waals surface area contributed by atoms with Crippen LogP contribution < -0.4 is 5.32 Å². The van der Waals surface area contributed by atoms with Crippen LogP contribution in [0.5, 0.6) is 0 Å². The van der Waals surface area contributed by atoms with Crippen molar-refractivity contribution in [3.63, 3.8) is 0 Å². The summed E-state index contributed by atoms with van der Waals surface area (Å²) in [5.41, 5.74) is 1.86. The van der Waals surface area contributed by atoms with Crippen molar-refractivity contribution in [3.8, 4) is 11.3 Å². The van der Waals surface area contributed by atoms with Crippen molar-refractivity contribution in [2.24, 2.45) is 0 Å². The molecule has 3 rings (SSSR count). The van der Waals surface area contributed by atoms with Gasteiger partial charge < -0.3 is 5.32 Å². The van der Waals surface area contributed by atoms with E-state index in [4.69, 9.17) is 0 Å². The van der Waals surface area contributed by atoms with Gasteiger partial charge in [-0.2, -0.15) is 0 Å². The lowest BCUT2D eigenvalue weighted by Gasteiger charge is -2.22. The van der Waals surface area contributed by atoms with Crippen molar-refractivity contribution in [2.75, 3.05) is 5.32 Å². The summed E-state index contributed by atoms with van der Waals surface area (Å²) in [5.74, 6) is -1.62. The summed E-state index contributed by atoms with van der Waals surface area (Å²) in [7, 11) is 0. The number of aryl methyl sites for hydroxylation is 1. The molecule has 0 saturated heterocycles. The number of benzene rings is 2. The highest BCUT2D eigenvalue weighted by atomic mass is 32.2. The van der Waals surface area contributed by atoms with Gasteiger partial charge in [-0.05, 0) is 32.4 Å². The van der Waals surface area contributed by atoms with Crippen LogP contribution in [0, 0.1) is 11.6 Å². The van der Waals surface area contributed by atoms with Crippen LogP contribution >= 0.6 is 23.1 Å². The van der Waals surface area contributed by atoms with E-state index >= 15 is 0 Å². The maximum absolute atomic E-state index is 14.0. The minimum atomic E-state index is -0.969. The normalized spacial score (nSPS) is 11.5. The predicted octanol–water partition coefficient (Wildman–Crippen LogP) is 6.16. The van der Waals surface area contributed by atoms with E-state index in [-0.39, 0.29) is 10.8 Å². The molecular weight excluding hydrogens is 398 g/mol. The Morgan fingerprint density at radius 3 is 2.54 bits per heavy atom. The molecule has 3 aromatic rings. The second kappa shape index (κ2) is 8.41. The molecule has 7 heteroatoms. The molecule has 0 aliphatic rings. The van der Waals surface area contributed by atoms with E-state index in [0.717, 1.165) is 40.4 Å². The molecule has 0 radical (unpaired) electrons. The average Bonchev–Trinajstić information content (AvgIpc) is 3.07. The first-order valence-electron chi connectivity index (χ1n) is 8.81. The molecule has 0 atom stereocenters. The van der Waals surface area contributed by atoms with Gasteiger partial charge in [-0.1, -0.05) is 37.3 Å². The first kappa shape index (κ1) is 20.5. The van der Waals surface area contributed by atoms with Crippen LogP contribution in [0.2, 0.25) is 0 Å². The lowest BCUT2D eigenvalue weighted by Crippen LogP contribution is -2.34. The fraction of sp³-hybridized carbons (Fsp3) is 0.238. The van der Waals surface area contributed by atoms with Crippen LogP contribution in [0.15, 0.2) is 53.4 Å². The number of thioether (sulfide) groups is 1. The quantitative estimate of drug-likeness (QED) is 0.488. The summed E-state index contributed by atoms with van der Waals surface area (Å²) in [6.45, 7) is 5.44. The molecule has 1 heterocycles. The summed E-state index contributed by atoms with van der Waals surface area (Å²) in [6, 6.07) is 13.1. The zero-order valence-electron chi connectivity index (χ0n) is 15.8. The maximum Gasteiger partial charge on any atom is 0.242 e. The number of halogens is 2. The molecule has 1 amide bonds. The fourth-order valence-corrected chi connectivity index (χ4v) is 4.50. The molecule has 1 N–H and O–H groups in total. The highest BCUT2D eigenvalue weighted by Crippen LogP contribution is 2.37. The molecule has 0 unspecified atom stereocenters. The number of anilines is 1. The summed E-state index contributed by atoms with van der Waals surface area (Å²) in [4.78, 5) is 18.7. The lowest BCUT2D eigenvalue weighted by molar-refractivity contribution is -0.117. The van der Waals surface area contributed by atoms with Gasteiger partial charge in [0.25, 0.3) is 0 Å². The third-order valence-corrected chi connectivity index (χ3v) is 6.45. The van der Waals surface area contributed by atoms with Gasteiger partial charge in [0.05, 0.1) is 10.4 Å². The van der Waals surface area contributed by atoms with E-state index in [2.05, 4.69) is 10.3 Å². The molecule has 0 bridgehead atoms. The molecule has 0 spiro atoms. The number of carbonyl (C=O) groups excluding carboxylic acids is 1. The maximum atomic E-state index is 14.0. The van der Waals surface area contributed by atoms with Crippen molar-refractivity contribution < 1.29 is 13.6 Å². The Morgan fingerprint density at radius 2 is 1.89 bits per heavy atom. The monoisotopic (exact) mass is 418 g/mol. The molecule has 0 aliphatic carbocycles.